The van der Waals surface area contributed by atoms with Crippen molar-refractivity contribution < 1.29 is 9.84 Å². The van der Waals surface area contributed by atoms with Crippen molar-refractivity contribution >= 4 is 0 Å². The van der Waals surface area contributed by atoms with Crippen LogP contribution in [0.4, 0.5) is 0 Å². The minimum atomic E-state index is -0.0592. The van der Waals surface area contributed by atoms with E-state index < -0.39 is 0 Å². The van der Waals surface area contributed by atoms with Crippen molar-refractivity contribution in [2.45, 2.75) is 57.7 Å². The van der Waals surface area contributed by atoms with Crippen LogP contribution in [-0.2, 0) is 4.74 Å². The van der Waals surface area contributed by atoms with E-state index in [0.717, 1.165) is 32.3 Å². The van der Waals surface area contributed by atoms with Crippen LogP contribution in [0, 0.1) is 0 Å². The van der Waals surface area contributed by atoms with Crippen molar-refractivity contribution in [2.24, 2.45) is 0 Å². The molecule has 0 heterocycles. The van der Waals surface area contributed by atoms with Gasteiger partial charge in [-0.2, -0.15) is 0 Å². The molecule has 0 amide bonds. The molecule has 1 saturated carbocycles. The maximum atomic E-state index is 9.24. The third-order valence-electron chi connectivity index (χ3n) is 2.50. The van der Waals surface area contributed by atoms with E-state index in [1.807, 2.05) is 0 Å². The highest BCUT2D eigenvalue weighted by Crippen LogP contribution is 2.20. The molecule has 1 fully saturated rings. The van der Waals surface area contributed by atoms with Crippen molar-refractivity contribution in [3.63, 3.8) is 0 Å². The van der Waals surface area contributed by atoms with Gasteiger partial charge in [-0.3, -0.25) is 0 Å². The van der Waals surface area contributed by atoms with Gasteiger partial charge in [0.2, 0.25) is 0 Å². The highest BCUT2D eigenvalue weighted by atomic mass is 16.5. The second kappa shape index (κ2) is 5.55. The van der Waals surface area contributed by atoms with Crippen LogP contribution in [0.3, 0.4) is 0 Å². The molecule has 1 rings (SSSR count). The first-order chi connectivity index (χ1) is 5.83. The zero-order valence-corrected chi connectivity index (χ0v) is 7.96. The van der Waals surface area contributed by atoms with Gasteiger partial charge in [0.25, 0.3) is 0 Å². The zero-order chi connectivity index (χ0) is 8.81. The van der Waals surface area contributed by atoms with Crippen LogP contribution in [0.15, 0.2) is 0 Å². The number of hydrogen-bond acceptors (Lipinski definition) is 2. The van der Waals surface area contributed by atoms with Gasteiger partial charge >= 0.3 is 0 Å². The first kappa shape index (κ1) is 10.0. The first-order valence-corrected chi connectivity index (χ1v) is 5.12. The maximum Gasteiger partial charge on any atom is 0.0577 e. The van der Waals surface area contributed by atoms with Gasteiger partial charge in [0.15, 0.2) is 0 Å². The molecule has 12 heavy (non-hydrogen) atoms. The Morgan fingerprint density at radius 1 is 1.25 bits per heavy atom. The number of aliphatic hydroxyl groups excluding tert-OH is 1. The summed E-state index contributed by atoms with van der Waals surface area (Å²) in [5.41, 5.74) is 0. The summed E-state index contributed by atoms with van der Waals surface area (Å²) in [4.78, 5) is 0. The summed E-state index contributed by atoms with van der Waals surface area (Å²) in [6.07, 6.45) is 6.69. The molecule has 0 unspecified atom stereocenters. The lowest BCUT2D eigenvalue weighted by molar-refractivity contribution is -0.00405. The first-order valence-electron chi connectivity index (χ1n) is 5.12. The normalized spacial score (nSPS) is 30.5. The van der Waals surface area contributed by atoms with Gasteiger partial charge in [-0.05, 0) is 32.1 Å². The predicted molar refractivity (Wildman–Crippen MR) is 49.1 cm³/mol. The molecule has 2 heteroatoms. The molecule has 0 aromatic heterocycles. The fourth-order valence-electron chi connectivity index (χ4n) is 1.61. The predicted octanol–water partition coefficient (Wildman–Crippen LogP) is 2.11. The highest BCUT2D eigenvalue weighted by molar-refractivity contribution is 4.71. The Morgan fingerprint density at radius 3 is 2.50 bits per heavy atom. The van der Waals surface area contributed by atoms with E-state index in [1.54, 1.807) is 0 Å². The molecule has 2 nitrogen and oxygen atoms in total. The van der Waals surface area contributed by atoms with E-state index in [0.29, 0.717) is 6.10 Å². The highest BCUT2D eigenvalue weighted by Gasteiger charge is 2.19. The van der Waals surface area contributed by atoms with Crippen LogP contribution in [-0.4, -0.2) is 23.9 Å². The minimum absolute atomic E-state index is 0.0592. The second-order valence-corrected chi connectivity index (χ2v) is 3.65. The Labute approximate surface area is 74.9 Å². The van der Waals surface area contributed by atoms with Crippen LogP contribution >= 0.6 is 0 Å². The Bertz CT molecular complexity index is 106. The summed E-state index contributed by atoms with van der Waals surface area (Å²) >= 11 is 0. The number of aliphatic hydroxyl groups is 1. The SMILES string of the molecule is CCCCO[C@H]1CC[C@H](O)CC1. The third-order valence-corrected chi connectivity index (χ3v) is 2.50. The summed E-state index contributed by atoms with van der Waals surface area (Å²) in [5, 5.41) is 9.24. The molecule has 0 radical (unpaired) electrons. The van der Waals surface area contributed by atoms with Gasteiger partial charge in [-0.25, -0.2) is 0 Å². The largest absolute Gasteiger partial charge is 0.393 e. The van der Waals surface area contributed by atoms with Crippen molar-refractivity contribution in [1.29, 1.82) is 0 Å². The molecule has 0 spiro atoms. The lowest BCUT2D eigenvalue weighted by atomic mass is 9.95. The molecule has 0 aromatic carbocycles. The lowest BCUT2D eigenvalue weighted by Crippen LogP contribution is -2.24. The fourth-order valence-corrected chi connectivity index (χ4v) is 1.61. The summed E-state index contributed by atoms with van der Waals surface area (Å²) in [7, 11) is 0. The summed E-state index contributed by atoms with van der Waals surface area (Å²) in [6, 6.07) is 0. The van der Waals surface area contributed by atoms with Crippen LogP contribution in [0.2, 0.25) is 0 Å². The maximum absolute atomic E-state index is 9.24. The van der Waals surface area contributed by atoms with Crippen LogP contribution < -0.4 is 0 Å². The van der Waals surface area contributed by atoms with E-state index in [4.69, 9.17) is 4.74 Å². The van der Waals surface area contributed by atoms with Gasteiger partial charge in [0.05, 0.1) is 12.2 Å². The van der Waals surface area contributed by atoms with E-state index in [2.05, 4.69) is 6.92 Å². The topological polar surface area (TPSA) is 29.5 Å². The summed E-state index contributed by atoms with van der Waals surface area (Å²) in [6.45, 7) is 3.07. The van der Waals surface area contributed by atoms with Crippen LogP contribution in [0.5, 0.6) is 0 Å². The molecule has 0 saturated heterocycles. The van der Waals surface area contributed by atoms with Gasteiger partial charge < -0.3 is 9.84 Å². The number of ether oxygens (including phenoxy) is 1. The number of rotatable bonds is 4. The van der Waals surface area contributed by atoms with Crippen molar-refractivity contribution in [1.82, 2.24) is 0 Å². The van der Waals surface area contributed by atoms with Crippen molar-refractivity contribution in [3.8, 4) is 0 Å². The van der Waals surface area contributed by atoms with Gasteiger partial charge in [0, 0.05) is 6.61 Å². The fraction of sp³-hybridized carbons (Fsp3) is 1.00. The standard InChI is InChI=1S/C10H20O2/c1-2-3-8-12-10-6-4-9(11)5-7-10/h9-11H,2-8H2,1H3/t9-,10-. The molecule has 0 atom stereocenters. The Kier molecular flexibility index (Phi) is 4.62. The van der Waals surface area contributed by atoms with Crippen LogP contribution in [0.25, 0.3) is 0 Å². The molecule has 72 valence electrons. The van der Waals surface area contributed by atoms with Gasteiger partial charge in [-0.1, -0.05) is 13.3 Å². The lowest BCUT2D eigenvalue weighted by Gasteiger charge is -2.25. The van der Waals surface area contributed by atoms with Crippen molar-refractivity contribution in [2.75, 3.05) is 6.61 Å². The molecule has 0 aliphatic heterocycles. The number of unbranched alkanes of at least 4 members (excludes halogenated alkanes) is 1. The second-order valence-electron chi connectivity index (χ2n) is 3.65. The third kappa shape index (κ3) is 3.55. The molecule has 1 aliphatic carbocycles. The minimum Gasteiger partial charge on any atom is -0.393 e. The smallest absolute Gasteiger partial charge is 0.0577 e. The average Bonchev–Trinajstić information content (AvgIpc) is 2.09. The zero-order valence-electron chi connectivity index (χ0n) is 7.96. The molecule has 0 aromatic rings. The van der Waals surface area contributed by atoms with Crippen molar-refractivity contribution in [3.05, 3.63) is 0 Å². The molecule has 1 N–H and O–H groups in total. The molecule has 0 bridgehead atoms. The molecular formula is C10H20O2. The summed E-state index contributed by atoms with van der Waals surface area (Å²) in [5.74, 6) is 0. The molecule has 1 aliphatic rings. The molecular weight excluding hydrogens is 152 g/mol. The van der Waals surface area contributed by atoms with E-state index in [9.17, 15) is 5.11 Å². The Hall–Kier alpha value is -0.0800. The van der Waals surface area contributed by atoms with E-state index in [1.165, 1.54) is 12.8 Å². The number of hydrogen-bond donors (Lipinski definition) is 1. The van der Waals surface area contributed by atoms with E-state index in [-0.39, 0.29) is 6.10 Å². The van der Waals surface area contributed by atoms with Crippen LogP contribution in [0.1, 0.15) is 45.4 Å². The Morgan fingerprint density at radius 2 is 1.92 bits per heavy atom. The average molecular weight is 172 g/mol. The van der Waals surface area contributed by atoms with E-state index >= 15 is 0 Å². The summed E-state index contributed by atoms with van der Waals surface area (Å²) < 4.78 is 5.66. The van der Waals surface area contributed by atoms with Gasteiger partial charge in [0.1, 0.15) is 0 Å². The quantitative estimate of drug-likeness (QED) is 0.658. The van der Waals surface area contributed by atoms with Gasteiger partial charge in [-0.15, -0.1) is 0 Å². The Balaban J connectivity index is 2.01. The monoisotopic (exact) mass is 172 g/mol.